The van der Waals surface area contributed by atoms with Crippen molar-refractivity contribution in [3.8, 4) is 6.19 Å². The summed E-state index contributed by atoms with van der Waals surface area (Å²) < 4.78 is 6.28. The summed E-state index contributed by atoms with van der Waals surface area (Å²) in [7, 11) is 1.21. The van der Waals surface area contributed by atoms with Crippen LogP contribution in [0.15, 0.2) is 30.5 Å². The third-order valence-corrected chi connectivity index (χ3v) is 4.17. The lowest BCUT2D eigenvalue weighted by atomic mass is 10.0. The molecule has 1 heterocycles. The van der Waals surface area contributed by atoms with E-state index in [0.717, 1.165) is 22.9 Å². The van der Waals surface area contributed by atoms with Crippen LogP contribution in [0.3, 0.4) is 0 Å². The Morgan fingerprint density at radius 1 is 1.26 bits per heavy atom. The molecule has 0 bridgehead atoms. The number of carbonyl (C=O) groups is 3. The van der Waals surface area contributed by atoms with Crippen molar-refractivity contribution in [3.63, 3.8) is 0 Å². The molecular formula is C19H22N4O4. The maximum Gasteiger partial charge on any atom is 0.431 e. The minimum atomic E-state index is -1.03. The Morgan fingerprint density at radius 3 is 2.52 bits per heavy atom. The van der Waals surface area contributed by atoms with Crippen molar-refractivity contribution in [2.45, 2.75) is 32.7 Å². The van der Waals surface area contributed by atoms with Crippen LogP contribution in [0.4, 0.5) is 9.59 Å². The van der Waals surface area contributed by atoms with Crippen LogP contribution in [-0.2, 0) is 16.0 Å². The van der Waals surface area contributed by atoms with Gasteiger partial charge in [0.25, 0.3) is 0 Å². The summed E-state index contributed by atoms with van der Waals surface area (Å²) >= 11 is 0. The summed E-state index contributed by atoms with van der Waals surface area (Å²) in [6, 6.07) is 7.49. The van der Waals surface area contributed by atoms with Crippen LogP contribution >= 0.6 is 0 Å². The molecule has 0 radical (unpaired) electrons. The molecule has 0 spiro atoms. The first-order valence-corrected chi connectivity index (χ1v) is 8.39. The van der Waals surface area contributed by atoms with Crippen LogP contribution in [0, 0.1) is 11.5 Å². The molecule has 0 aliphatic carbocycles. The molecule has 0 atom stereocenters. The number of nitriles is 1. The number of hydrogen-bond donors (Lipinski definition) is 0. The predicted molar refractivity (Wildman–Crippen MR) is 99.5 cm³/mol. The number of benzene rings is 1. The Morgan fingerprint density at radius 2 is 1.93 bits per heavy atom. The number of aromatic nitrogens is 1. The van der Waals surface area contributed by atoms with Gasteiger partial charge in [-0.2, -0.15) is 5.26 Å². The zero-order valence-corrected chi connectivity index (χ0v) is 15.8. The maximum absolute atomic E-state index is 12.5. The molecule has 2 rings (SSSR count). The molecule has 0 saturated heterocycles. The number of para-hydroxylation sites is 1. The summed E-state index contributed by atoms with van der Waals surface area (Å²) in [5.74, 6) is 0. The van der Waals surface area contributed by atoms with Gasteiger partial charge in [-0.25, -0.2) is 14.5 Å². The average molecular weight is 370 g/mol. The first-order valence-electron chi connectivity index (χ1n) is 8.39. The number of carbonyl (C=O) groups excluding carboxylic acids is 3. The van der Waals surface area contributed by atoms with Crippen molar-refractivity contribution in [1.82, 2.24) is 14.4 Å². The molecule has 0 N–H and O–H groups in total. The van der Waals surface area contributed by atoms with Gasteiger partial charge in [0.05, 0.1) is 5.52 Å². The highest BCUT2D eigenvalue weighted by Gasteiger charge is 2.30. The summed E-state index contributed by atoms with van der Waals surface area (Å²) in [6.07, 6.45) is 2.67. The Kier molecular flexibility index (Phi) is 5.85. The number of amides is 2. The van der Waals surface area contributed by atoms with E-state index in [1.165, 1.54) is 16.5 Å². The quantitative estimate of drug-likeness (QED) is 0.357. The van der Waals surface area contributed by atoms with Gasteiger partial charge in [-0.05, 0) is 38.8 Å². The molecule has 0 fully saturated rings. The minimum Gasteiger partial charge on any atom is -0.358 e. The highest BCUT2D eigenvalue weighted by molar-refractivity contribution is 5.88. The molecule has 2 amide bonds. The van der Waals surface area contributed by atoms with Crippen molar-refractivity contribution >= 4 is 29.5 Å². The zero-order valence-electron chi connectivity index (χ0n) is 15.8. The van der Waals surface area contributed by atoms with Crippen LogP contribution in [0.2, 0.25) is 0 Å². The molecule has 2 aromatic rings. The van der Waals surface area contributed by atoms with Crippen LogP contribution in [0.5, 0.6) is 0 Å². The number of nitrogens with zero attached hydrogens (tertiary/aromatic N) is 4. The third kappa shape index (κ3) is 4.44. The van der Waals surface area contributed by atoms with Crippen LogP contribution in [0.1, 0.15) is 26.3 Å². The van der Waals surface area contributed by atoms with E-state index < -0.39 is 17.7 Å². The van der Waals surface area contributed by atoms with E-state index in [-0.39, 0.29) is 6.54 Å². The molecule has 8 nitrogen and oxygen atoms in total. The fourth-order valence-electron chi connectivity index (χ4n) is 2.74. The number of fused-ring (bicyclic) bond motifs is 1. The Hall–Kier alpha value is -3.34. The summed E-state index contributed by atoms with van der Waals surface area (Å²) in [5.41, 5.74) is 1.09. The predicted octanol–water partition coefficient (Wildman–Crippen LogP) is 2.99. The zero-order chi connectivity index (χ0) is 20.2. The standard InChI is InChI=1S/C19H22N4O4/c1-19(2,3)23(18(26)27-17(25)21(4)12-20)10-9-14-11-22(13-24)16-8-6-5-7-15(14)16/h5-8,11,13H,9-10H2,1-4H3. The largest absolute Gasteiger partial charge is 0.431 e. The maximum atomic E-state index is 12.5. The Balaban J connectivity index is 2.21. The highest BCUT2D eigenvalue weighted by Crippen LogP contribution is 2.23. The smallest absolute Gasteiger partial charge is 0.358 e. The number of ether oxygens (including phenoxy) is 1. The lowest BCUT2D eigenvalue weighted by Crippen LogP contribution is -2.48. The van der Waals surface area contributed by atoms with E-state index in [2.05, 4.69) is 0 Å². The van der Waals surface area contributed by atoms with Gasteiger partial charge in [-0.3, -0.25) is 9.36 Å². The monoisotopic (exact) mass is 370 g/mol. The first kappa shape index (κ1) is 20.0. The van der Waals surface area contributed by atoms with Gasteiger partial charge in [0.1, 0.15) is 0 Å². The summed E-state index contributed by atoms with van der Waals surface area (Å²) in [5, 5.41) is 9.64. The molecule has 0 aliphatic heterocycles. The molecular weight excluding hydrogens is 348 g/mol. The van der Waals surface area contributed by atoms with Gasteiger partial charge >= 0.3 is 12.2 Å². The van der Waals surface area contributed by atoms with Gasteiger partial charge in [-0.1, -0.05) is 18.2 Å². The molecule has 142 valence electrons. The lowest BCUT2D eigenvalue weighted by molar-refractivity contribution is 0.0785. The fraction of sp³-hybridized carbons (Fsp3) is 0.368. The number of hydrogen-bond acceptors (Lipinski definition) is 5. The SMILES string of the molecule is CN(C#N)C(=O)OC(=O)N(CCc1cn(C=O)c2ccccc12)C(C)(C)C. The highest BCUT2D eigenvalue weighted by atomic mass is 16.6. The second kappa shape index (κ2) is 7.91. The van der Waals surface area contributed by atoms with Crippen molar-refractivity contribution in [3.05, 3.63) is 36.0 Å². The fourth-order valence-corrected chi connectivity index (χ4v) is 2.74. The molecule has 0 unspecified atom stereocenters. The van der Waals surface area contributed by atoms with Crippen molar-refractivity contribution in [1.29, 1.82) is 5.26 Å². The van der Waals surface area contributed by atoms with Crippen LogP contribution in [-0.4, -0.2) is 52.1 Å². The van der Waals surface area contributed by atoms with E-state index >= 15 is 0 Å². The summed E-state index contributed by atoms with van der Waals surface area (Å²) in [4.78, 5) is 37.5. The van der Waals surface area contributed by atoms with E-state index in [4.69, 9.17) is 10.00 Å². The Labute approximate surface area is 157 Å². The minimum absolute atomic E-state index is 0.277. The van der Waals surface area contributed by atoms with E-state index in [1.54, 1.807) is 12.4 Å². The summed E-state index contributed by atoms with van der Waals surface area (Å²) in [6.45, 7) is 5.74. The van der Waals surface area contributed by atoms with Gasteiger partial charge < -0.3 is 9.64 Å². The first-order chi connectivity index (χ1) is 12.7. The second-order valence-corrected chi connectivity index (χ2v) is 7.05. The van der Waals surface area contributed by atoms with Crippen LogP contribution < -0.4 is 0 Å². The average Bonchev–Trinajstić information content (AvgIpc) is 2.98. The molecule has 0 saturated carbocycles. The van der Waals surface area contributed by atoms with E-state index in [1.807, 2.05) is 45.0 Å². The normalized spacial score (nSPS) is 10.9. The lowest BCUT2D eigenvalue weighted by Gasteiger charge is -2.34. The molecule has 27 heavy (non-hydrogen) atoms. The Bertz CT molecular complexity index is 905. The van der Waals surface area contributed by atoms with Gasteiger partial charge in [0.15, 0.2) is 6.19 Å². The second-order valence-electron chi connectivity index (χ2n) is 7.05. The molecule has 8 heteroatoms. The molecule has 1 aromatic carbocycles. The topological polar surface area (TPSA) is 95.6 Å². The van der Waals surface area contributed by atoms with Crippen molar-refractivity contribution < 1.29 is 19.1 Å². The third-order valence-electron chi connectivity index (χ3n) is 4.17. The van der Waals surface area contributed by atoms with Gasteiger partial charge in [0, 0.05) is 30.7 Å². The van der Waals surface area contributed by atoms with Crippen molar-refractivity contribution in [2.75, 3.05) is 13.6 Å². The van der Waals surface area contributed by atoms with Crippen LogP contribution in [0.25, 0.3) is 10.9 Å². The van der Waals surface area contributed by atoms with E-state index in [0.29, 0.717) is 11.3 Å². The van der Waals surface area contributed by atoms with Gasteiger partial charge in [0.2, 0.25) is 6.41 Å². The number of rotatable bonds is 4. The van der Waals surface area contributed by atoms with Gasteiger partial charge in [-0.15, -0.1) is 0 Å². The van der Waals surface area contributed by atoms with Crippen molar-refractivity contribution in [2.24, 2.45) is 0 Å². The molecule has 0 aliphatic rings. The molecule has 1 aromatic heterocycles. The van der Waals surface area contributed by atoms with E-state index in [9.17, 15) is 14.4 Å².